The highest BCUT2D eigenvalue weighted by Gasteiger charge is 2.37. The predicted molar refractivity (Wildman–Crippen MR) is 136 cm³/mol. The molecule has 7 nitrogen and oxygen atoms in total. The van der Waals surface area contributed by atoms with Crippen LogP contribution < -0.4 is 4.90 Å². The minimum atomic E-state index is -0.412. The lowest BCUT2D eigenvalue weighted by atomic mass is 9.99. The third-order valence-electron chi connectivity index (χ3n) is 6.82. The summed E-state index contributed by atoms with van der Waals surface area (Å²) in [6, 6.07) is 26.7. The second-order valence-electron chi connectivity index (χ2n) is 8.86. The van der Waals surface area contributed by atoms with E-state index in [1.54, 1.807) is 35.2 Å². The number of nitrogens with zero attached hydrogens (tertiary/aromatic N) is 3. The minimum Gasteiger partial charge on any atom is -0.410 e. The zero-order chi connectivity index (χ0) is 24.8. The molecule has 4 aromatic rings. The number of fused-ring (bicyclic) bond motifs is 3. The third kappa shape index (κ3) is 3.36. The lowest BCUT2D eigenvalue weighted by Gasteiger charge is -2.20. The maximum atomic E-state index is 13.0. The smallest absolute Gasteiger partial charge is 0.281 e. The van der Waals surface area contributed by atoms with Crippen LogP contribution in [0.15, 0.2) is 90.1 Å². The van der Waals surface area contributed by atoms with Crippen LogP contribution in [0.2, 0.25) is 0 Å². The Morgan fingerprint density at radius 2 is 1.22 bits per heavy atom. The van der Waals surface area contributed by atoms with Crippen molar-refractivity contribution in [1.29, 1.82) is 0 Å². The monoisotopic (exact) mass is 475 g/mol. The van der Waals surface area contributed by atoms with E-state index in [-0.39, 0.29) is 30.6 Å². The molecule has 7 heteroatoms. The van der Waals surface area contributed by atoms with Gasteiger partial charge in [0.1, 0.15) is 0 Å². The summed E-state index contributed by atoms with van der Waals surface area (Å²) in [6.07, 6.45) is 0.384. The van der Waals surface area contributed by atoms with Gasteiger partial charge in [-0.3, -0.25) is 19.3 Å². The molecular formula is C29H21N3O4. The Morgan fingerprint density at radius 1 is 0.611 bits per heavy atom. The van der Waals surface area contributed by atoms with E-state index in [4.69, 9.17) is 0 Å². The average molecular weight is 476 g/mol. The van der Waals surface area contributed by atoms with Crippen molar-refractivity contribution < 1.29 is 19.6 Å². The summed E-state index contributed by atoms with van der Waals surface area (Å²) < 4.78 is 0. The second-order valence-corrected chi connectivity index (χ2v) is 8.86. The largest absolute Gasteiger partial charge is 0.410 e. The standard InChI is InChI=1S/C29H21N3O4/c33-27-22-8-3-4-9-23(22)28(34)32(27)15-5-14-31-25-17-21(12-13-24(25)26(30-36)29(31)35)20-11-10-18-6-1-2-7-19(18)16-20/h1-4,6-13,16-17,36H,5,14-15H2/b30-26+. The number of anilines is 1. The zero-order valence-electron chi connectivity index (χ0n) is 19.2. The number of amides is 3. The number of carbonyl (C=O) groups is 3. The number of rotatable bonds is 5. The van der Waals surface area contributed by atoms with Crippen molar-refractivity contribution >= 4 is 39.9 Å². The fourth-order valence-corrected chi connectivity index (χ4v) is 5.00. The molecule has 2 aliphatic rings. The van der Waals surface area contributed by atoms with Crippen molar-refractivity contribution in [2.45, 2.75) is 6.42 Å². The molecule has 0 aliphatic carbocycles. The van der Waals surface area contributed by atoms with E-state index in [0.717, 1.165) is 21.9 Å². The number of imide groups is 1. The van der Waals surface area contributed by atoms with E-state index in [1.165, 1.54) is 4.90 Å². The van der Waals surface area contributed by atoms with E-state index in [9.17, 15) is 19.6 Å². The SMILES string of the molecule is O=C1c2ccccc2C(=O)N1CCCN1C(=O)/C(=N/O)c2ccc(-c3ccc4ccccc4c3)cc21. The molecule has 0 unspecified atom stereocenters. The molecule has 3 amide bonds. The van der Waals surface area contributed by atoms with Gasteiger partial charge in [0.2, 0.25) is 0 Å². The van der Waals surface area contributed by atoms with Crippen LogP contribution in [0.1, 0.15) is 32.7 Å². The van der Waals surface area contributed by atoms with Gasteiger partial charge in [0, 0.05) is 18.7 Å². The molecule has 6 rings (SSSR count). The van der Waals surface area contributed by atoms with Crippen LogP contribution in [0, 0.1) is 0 Å². The van der Waals surface area contributed by atoms with Gasteiger partial charge in [0.25, 0.3) is 17.7 Å². The van der Waals surface area contributed by atoms with Gasteiger partial charge < -0.3 is 10.1 Å². The molecule has 176 valence electrons. The molecule has 2 heterocycles. The van der Waals surface area contributed by atoms with Crippen LogP contribution in [0.3, 0.4) is 0 Å². The highest BCUT2D eigenvalue weighted by atomic mass is 16.4. The summed E-state index contributed by atoms with van der Waals surface area (Å²) >= 11 is 0. The molecule has 0 bridgehead atoms. The highest BCUT2D eigenvalue weighted by molar-refractivity contribution is 6.54. The van der Waals surface area contributed by atoms with Gasteiger partial charge >= 0.3 is 0 Å². The molecule has 0 aromatic heterocycles. The van der Waals surface area contributed by atoms with E-state index in [0.29, 0.717) is 28.8 Å². The fourth-order valence-electron chi connectivity index (χ4n) is 5.00. The van der Waals surface area contributed by atoms with Crippen molar-refractivity contribution in [3.63, 3.8) is 0 Å². The van der Waals surface area contributed by atoms with Gasteiger partial charge in [-0.15, -0.1) is 0 Å². The summed E-state index contributed by atoms with van der Waals surface area (Å²) in [5, 5.41) is 15.0. The van der Waals surface area contributed by atoms with Gasteiger partial charge in [0.05, 0.1) is 16.8 Å². The predicted octanol–water partition coefficient (Wildman–Crippen LogP) is 4.72. The Hall–Kier alpha value is -4.78. The molecule has 2 aliphatic heterocycles. The first-order valence-electron chi connectivity index (χ1n) is 11.7. The normalized spacial score (nSPS) is 15.8. The van der Waals surface area contributed by atoms with Crippen LogP contribution in [-0.2, 0) is 4.79 Å². The Morgan fingerprint density at radius 3 is 1.94 bits per heavy atom. The molecule has 0 saturated heterocycles. The van der Waals surface area contributed by atoms with Crippen LogP contribution in [-0.4, -0.2) is 46.6 Å². The van der Waals surface area contributed by atoms with Gasteiger partial charge in [-0.1, -0.05) is 59.8 Å². The first-order valence-corrected chi connectivity index (χ1v) is 11.7. The Balaban J connectivity index is 1.26. The summed E-state index contributed by atoms with van der Waals surface area (Å²) in [5.41, 5.74) is 3.91. The minimum absolute atomic E-state index is 0.0178. The maximum Gasteiger partial charge on any atom is 0.281 e. The Bertz CT molecular complexity index is 1570. The van der Waals surface area contributed by atoms with E-state index >= 15 is 0 Å². The number of hydrogen-bond acceptors (Lipinski definition) is 5. The lowest BCUT2D eigenvalue weighted by molar-refractivity contribution is -0.112. The van der Waals surface area contributed by atoms with Gasteiger partial charge in [-0.05, 0) is 58.7 Å². The first kappa shape index (κ1) is 21.7. The molecule has 0 saturated carbocycles. The van der Waals surface area contributed by atoms with Crippen LogP contribution in [0.4, 0.5) is 5.69 Å². The molecule has 0 atom stereocenters. The molecule has 4 aromatic carbocycles. The first-order chi connectivity index (χ1) is 17.6. The van der Waals surface area contributed by atoms with E-state index in [1.807, 2.05) is 30.3 Å². The molecule has 36 heavy (non-hydrogen) atoms. The molecule has 0 fully saturated rings. The van der Waals surface area contributed by atoms with E-state index in [2.05, 4.69) is 29.4 Å². The highest BCUT2D eigenvalue weighted by Crippen LogP contribution is 2.35. The zero-order valence-corrected chi connectivity index (χ0v) is 19.2. The summed E-state index contributed by atoms with van der Waals surface area (Å²) in [4.78, 5) is 41.1. The maximum absolute atomic E-state index is 13.0. The van der Waals surface area contributed by atoms with Gasteiger partial charge in [0.15, 0.2) is 5.71 Å². The molecule has 0 radical (unpaired) electrons. The number of benzene rings is 4. The summed E-state index contributed by atoms with van der Waals surface area (Å²) in [5.74, 6) is -1.05. The number of hydrogen-bond donors (Lipinski definition) is 1. The van der Waals surface area contributed by atoms with Crippen molar-refractivity contribution in [3.8, 4) is 11.1 Å². The van der Waals surface area contributed by atoms with Crippen LogP contribution in [0.5, 0.6) is 0 Å². The van der Waals surface area contributed by atoms with Crippen LogP contribution >= 0.6 is 0 Å². The average Bonchev–Trinajstić information content (AvgIpc) is 3.32. The van der Waals surface area contributed by atoms with Crippen LogP contribution in [0.25, 0.3) is 21.9 Å². The second kappa shape index (κ2) is 8.46. The molecule has 1 N–H and O–H groups in total. The van der Waals surface area contributed by atoms with Gasteiger partial charge in [-0.2, -0.15) is 0 Å². The molecule has 0 spiro atoms. The number of carbonyl (C=O) groups excluding carboxylic acids is 3. The van der Waals surface area contributed by atoms with Crippen molar-refractivity contribution in [1.82, 2.24) is 4.90 Å². The van der Waals surface area contributed by atoms with Crippen molar-refractivity contribution in [3.05, 3.63) is 102 Å². The Labute approximate surface area is 206 Å². The topological polar surface area (TPSA) is 90.3 Å². The van der Waals surface area contributed by atoms with Crippen molar-refractivity contribution in [2.75, 3.05) is 18.0 Å². The fraction of sp³-hybridized carbons (Fsp3) is 0.103. The third-order valence-corrected chi connectivity index (χ3v) is 6.82. The quantitative estimate of drug-likeness (QED) is 0.257. The molecular weight excluding hydrogens is 454 g/mol. The van der Waals surface area contributed by atoms with E-state index < -0.39 is 5.91 Å². The van der Waals surface area contributed by atoms with Crippen molar-refractivity contribution in [2.24, 2.45) is 5.16 Å². The number of oxime groups is 1. The Kier molecular flexibility index (Phi) is 5.11. The summed E-state index contributed by atoms with van der Waals surface area (Å²) in [7, 11) is 0. The van der Waals surface area contributed by atoms with Gasteiger partial charge in [-0.25, -0.2) is 0 Å². The lowest BCUT2D eigenvalue weighted by Crippen LogP contribution is -2.35. The summed E-state index contributed by atoms with van der Waals surface area (Å²) in [6.45, 7) is 0.445.